The molecule has 3 aromatic rings. The average molecular weight is 523 g/mol. The van der Waals surface area contributed by atoms with Gasteiger partial charge in [0, 0.05) is 0 Å². The summed E-state index contributed by atoms with van der Waals surface area (Å²) < 4.78 is 31.2. The van der Waals surface area contributed by atoms with E-state index < -0.39 is 22.0 Å². The number of carbonyl (C=O) groups is 2. The minimum Gasteiger partial charge on any atom is -0.484 e. The van der Waals surface area contributed by atoms with Gasteiger partial charge in [-0.2, -0.15) is 5.10 Å². The highest BCUT2D eigenvalue weighted by Gasteiger charge is 2.28. The van der Waals surface area contributed by atoms with E-state index in [1.165, 1.54) is 13.1 Å². The highest BCUT2D eigenvalue weighted by atomic mass is 32.2. The summed E-state index contributed by atoms with van der Waals surface area (Å²) in [5, 5.41) is 6.82. The first-order chi connectivity index (χ1) is 17.6. The number of carbonyl (C=O) groups excluding carboxylic acids is 2. The van der Waals surface area contributed by atoms with Crippen LogP contribution in [0.25, 0.3) is 0 Å². The predicted octanol–water partition coefficient (Wildman–Crippen LogP) is 3.25. The largest absolute Gasteiger partial charge is 0.484 e. The molecular formula is C27H30N4O5S. The van der Waals surface area contributed by atoms with Crippen LogP contribution in [0.4, 0.5) is 5.69 Å². The Kier molecular flexibility index (Phi) is 9.39. The van der Waals surface area contributed by atoms with Gasteiger partial charge in [0.1, 0.15) is 11.8 Å². The van der Waals surface area contributed by atoms with Gasteiger partial charge < -0.3 is 10.1 Å². The highest BCUT2D eigenvalue weighted by Crippen LogP contribution is 2.20. The molecule has 0 heterocycles. The van der Waals surface area contributed by atoms with Gasteiger partial charge in [0.2, 0.25) is 10.0 Å². The molecule has 0 unspecified atom stereocenters. The van der Waals surface area contributed by atoms with Crippen molar-refractivity contribution in [3.8, 4) is 5.75 Å². The number of benzene rings is 3. The number of nitrogens with zero attached hydrogens (tertiary/aromatic N) is 2. The summed E-state index contributed by atoms with van der Waals surface area (Å²) in [6.07, 6.45) is 2.47. The number of hydrazone groups is 1. The average Bonchev–Trinajstić information content (AvgIpc) is 2.88. The smallest absolute Gasteiger partial charge is 0.263 e. The lowest BCUT2D eigenvalue weighted by molar-refractivity contribution is -0.124. The molecule has 2 N–H and O–H groups in total. The van der Waals surface area contributed by atoms with Crippen LogP contribution in [0.1, 0.15) is 31.0 Å². The summed E-state index contributed by atoms with van der Waals surface area (Å²) in [4.78, 5) is 24.8. The van der Waals surface area contributed by atoms with Crippen molar-refractivity contribution in [3.63, 3.8) is 0 Å². The minimum atomic E-state index is -3.70. The molecule has 0 bridgehead atoms. The predicted molar refractivity (Wildman–Crippen MR) is 144 cm³/mol. The van der Waals surface area contributed by atoms with Crippen LogP contribution in [0.15, 0.2) is 90.0 Å². The van der Waals surface area contributed by atoms with Crippen LogP contribution in [-0.2, 0) is 19.6 Å². The second-order valence-corrected chi connectivity index (χ2v) is 10.2. The quantitative estimate of drug-likeness (QED) is 0.296. The molecule has 3 rings (SSSR count). The fraction of sp³-hybridized carbons (Fsp3) is 0.222. The monoisotopic (exact) mass is 522 g/mol. The van der Waals surface area contributed by atoms with Crippen molar-refractivity contribution in [1.29, 1.82) is 0 Å². The third-order valence-corrected chi connectivity index (χ3v) is 6.66. The van der Waals surface area contributed by atoms with E-state index in [0.717, 1.165) is 16.1 Å². The fourth-order valence-corrected chi connectivity index (χ4v) is 4.73. The maximum absolute atomic E-state index is 12.6. The lowest BCUT2D eigenvalue weighted by Gasteiger charge is -2.27. The van der Waals surface area contributed by atoms with Crippen molar-refractivity contribution >= 4 is 33.7 Å². The summed E-state index contributed by atoms with van der Waals surface area (Å²) in [5.41, 5.74) is 4.44. The van der Waals surface area contributed by atoms with Gasteiger partial charge in [-0.3, -0.25) is 13.9 Å². The maximum Gasteiger partial charge on any atom is 0.263 e. The first-order valence-electron chi connectivity index (χ1n) is 11.6. The van der Waals surface area contributed by atoms with Crippen LogP contribution < -0.4 is 19.8 Å². The number of para-hydroxylation sites is 1. The van der Waals surface area contributed by atoms with E-state index in [1.54, 1.807) is 54.6 Å². The van der Waals surface area contributed by atoms with Crippen molar-refractivity contribution in [2.45, 2.75) is 25.9 Å². The first-order valence-corrected chi connectivity index (χ1v) is 13.4. The number of hydrogen-bond donors (Lipinski definition) is 2. The van der Waals surface area contributed by atoms with E-state index in [-0.39, 0.29) is 18.6 Å². The van der Waals surface area contributed by atoms with Gasteiger partial charge in [-0.1, -0.05) is 48.5 Å². The molecule has 0 radical (unpaired) electrons. The van der Waals surface area contributed by atoms with Crippen molar-refractivity contribution < 1.29 is 22.7 Å². The van der Waals surface area contributed by atoms with Crippen molar-refractivity contribution in [1.82, 2.24) is 10.7 Å². The summed E-state index contributed by atoms with van der Waals surface area (Å²) in [5.74, 6) is -0.317. The zero-order valence-electron chi connectivity index (χ0n) is 20.9. The van der Waals surface area contributed by atoms with Crippen LogP contribution in [0.5, 0.6) is 5.75 Å². The number of hydrogen-bond acceptors (Lipinski definition) is 6. The van der Waals surface area contributed by atoms with Crippen molar-refractivity contribution in [2.75, 3.05) is 17.2 Å². The fourth-order valence-electron chi connectivity index (χ4n) is 3.55. The van der Waals surface area contributed by atoms with E-state index in [2.05, 4.69) is 15.8 Å². The molecule has 0 aliphatic heterocycles. The summed E-state index contributed by atoms with van der Waals surface area (Å²) in [6.45, 7) is 3.26. The molecule has 0 spiro atoms. The lowest BCUT2D eigenvalue weighted by Crippen LogP contribution is -2.46. The van der Waals surface area contributed by atoms with Crippen LogP contribution in [-0.4, -0.2) is 45.4 Å². The van der Waals surface area contributed by atoms with E-state index in [1.807, 2.05) is 37.3 Å². The van der Waals surface area contributed by atoms with E-state index in [4.69, 9.17) is 4.74 Å². The third kappa shape index (κ3) is 8.18. The van der Waals surface area contributed by atoms with Crippen molar-refractivity contribution in [2.24, 2.45) is 5.10 Å². The Bertz CT molecular complexity index is 1310. The SMILES string of the molecule is C[C@H](C(=O)N/N=C\c1ccc(OCC(=O)N[C@H](C)c2ccccc2)cc1)N(c1ccccc1)S(C)(=O)=O. The number of amides is 2. The zero-order chi connectivity index (χ0) is 26.8. The molecule has 2 atom stereocenters. The Labute approximate surface area is 217 Å². The molecule has 0 saturated carbocycles. The van der Waals surface area contributed by atoms with Gasteiger partial charge in [-0.25, -0.2) is 13.8 Å². The molecule has 0 aliphatic carbocycles. The Hall–Kier alpha value is -4.18. The topological polar surface area (TPSA) is 117 Å². The molecule has 10 heteroatoms. The van der Waals surface area contributed by atoms with Gasteiger partial charge in [-0.05, 0) is 61.4 Å². The van der Waals surface area contributed by atoms with Crippen LogP contribution in [0.2, 0.25) is 0 Å². The van der Waals surface area contributed by atoms with Gasteiger partial charge >= 0.3 is 0 Å². The molecule has 37 heavy (non-hydrogen) atoms. The Morgan fingerprint density at radius 3 is 2.14 bits per heavy atom. The maximum atomic E-state index is 12.6. The normalized spacial score (nSPS) is 12.9. The first kappa shape index (κ1) is 27.4. The van der Waals surface area contributed by atoms with Gasteiger partial charge in [0.05, 0.1) is 24.2 Å². The molecular weight excluding hydrogens is 492 g/mol. The van der Waals surface area contributed by atoms with Crippen molar-refractivity contribution in [3.05, 3.63) is 96.1 Å². The Morgan fingerprint density at radius 1 is 0.946 bits per heavy atom. The third-order valence-electron chi connectivity index (χ3n) is 5.41. The minimum absolute atomic E-state index is 0.128. The molecule has 9 nitrogen and oxygen atoms in total. The molecule has 0 aliphatic rings. The number of rotatable bonds is 11. The van der Waals surface area contributed by atoms with E-state index in [0.29, 0.717) is 17.0 Å². The number of anilines is 1. The molecule has 2 amide bonds. The van der Waals surface area contributed by atoms with Crippen LogP contribution >= 0.6 is 0 Å². The molecule has 0 aromatic heterocycles. The van der Waals surface area contributed by atoms with Crippen LogP contribution in [0, 0.1) is 0 Å². The molecule has 0 fully saturated rings. The van der Waals surface area contributed by atoms with E-state index >= 15 is 0 Å². The van der Waals surface area contributed by atoms with Crippen LogP contribution in [0.3, 0.4) is 0 Å². The molecule has 3 aromatic carbocycles. The zero-order valence-corrected chi connectivity index (χ0v) is 21.7. The summed E-state index contributed by atoms with van der Waals surface area (Å²) >= 11 is 0. The lowest BCUT2D eigenvalue weighted by atomic mass is 10.1. The summed E-state index contributed by atoms with van der Waals surface area (Å²) in [6, 6.07) is 23.7. The number of sulfonamides is 1. The second kappa shape index (κ2) is 12.7. The van der Waals surface area contributed by atoms with E-state index in [9.17, 15) is 18.0 Å². The molecule has 0 saturated heterocycles. The Morgan fingerprint density at radius 2 is 1.54 bits per heavy atom. The standard InChI is InChI=1S/C27H30N4O5S/c1-20(23-10-6-4-7-11-23)29-26(32)19-36-25-16-14-22(15-17-25)18-28-30-27(33)21(2)31(37(3,34)35)24-12-8-5-9-13-24/h4-18,20-21H,19H2,1-3H3,(H,29,32)(H,30,33)/b28-18-/t20-,21-/m1/s1. The highest BCUT2D eigenvalue weighted by molar-refractivity contribution is 7.92. The molecule has 194 valence electrons. The van der Waals surface area contributed by atoms with Gasteiger partial charge in [-0.15, -0.1) is 0 Å². The Balaban J connectivity index is 1.50. The second-order valence-electron chi connectivity index (χ2n) is 8.36. The summed E-state index contributed by atoms with van der Waals surface area (Å²) in [7, 11) is -3.70. The van der Waals surface area contributed by atoms with Gasteiger partial charge in [0.25, 0.3) is 11.8 Å². The number of ether oxygens (including phenoxy) is 1. The number of nitrogens with one attached hydrogen (secondary N) is 2. The van der Waals surface area contributed by atoms with Gasteiger partial charge in [0.15, 0.2) is 6.61 Å².